The Balaban J connectivity index is 1.71. The molecule has 1 atom stereocenters. The van der Waals surface area contributed by atoms with Gasteiger partial charge in [-0.15, -0.1) is 10.1 Å². The molecule has 0 aliphatic heterocycles. The van der Waals surface area contributed by atoms with Gasteiger partial charge in [0.2, 0.25) is 6.10 Å². The lowest BCUT2D eigenvalue weighted by atomic mass is 9.81. The molecular weight excluding hydrogens is 514 g/mol. The quantitative estimate of drug-likeness (QED) is 0.140. The Morgan fingerprint density at radius 2 is 1.35 bits per heavy atom. The Morgan fingerprint density at radius 3 is 1.82 bits per heavy atom. The van der Waals surface area contributed by atoms with Crippen molar-refractivity contribution < 1.29 is 28.9 Å². The van der Waals surface area contributed by atoms with Crippen LogP contribution >= 0.6 is 0 Å². The van der Waals surface area contributed by atoms with Crippen LogP contribution in [0.25, 0.3) is 0 Å². The summed E-state index contributed by atoms with van der Waals surface area (Å²) < 4.78 is 18.2. The van der Waals surface area contributed by atoms with Crippen molar-refractivity contribution in [1.29, 1.82) is 0 Å². The first-order valence-electron chi connectivity index (χ1n) is 12.5. The van der Waals surface area contributed by atoms with E-state index in [1.807, 2.05) is 74.5 Å². The van der Waals surface area contributed by atoms with E-state index in [2.05, 4.69) is 14.8 Å². The molecule has 0 aliphatic carbocycles. The summed E-state index contributed by atoms with van der Waals surface area (Å²) in [6.07, 6.45) is -1.34. The molecule has 1 aromatic heterocycles. The predicted molar refractivity (Wildman–Crippen MR) is 145 cm³/mol. The fourth-order valence-electron chi connectivity index (χ4n) is 4.42. The Hall–Kier alpha value is -4.83. The minimum atomic E-state index is -1.41. The first-order chi connectivity index (χ1) is 19.3. The van der Waals surface area contributed by atoms with Crippen molar-refractivity contribution in [1.82, 2.24) is 9.97 Å². The highest BCUT2D eigenvalue weighted by atomic mass is 16.9. The average Bonchev–Trinajstić information content (AvgIpc) is 2.96. The molecule has 0 unspecified atom stereocenters. The molecule has 4 aromatic rings. The number of ether oxygens (including phenoxy) is 3. The van der Waals surface area contributed by atoms with E-state index in [0.717, 1.165) is 0 Å². The van der Waals surface area contributed by atoms with Gasteiger partial charge in [0.15, 0.2) is 5.60 Å². The van der Waals surface area contributed by atoms with Crippen LogP contribution in [0, 0.1) is 24.0 Å². The lowest BCUT2D eigenvalue weighted by molar-refractivity contribution is -0.763. The number of methoxy groups -OCH3 is 1. The monoisotopic (exact) mass is 543 g/mol. The summed E-state index contributed by atoms with van der Waals surface area (Å²) in [5, 5.41) is 9.60. The summed E-state index contributed by atoms with van der Waals surface area (Å²) in [6.45, 7) is 3.37. The first kappa shape index (κ1) is 28.2. The van der Waals surface area contributed by atoms with Crippen LogP contribution in [0.4, 0.5) is 0 Å². The van der Waals surface area contributed by atoms with Crippen molar-refractivity contribution in [2.75, 3.05) is 7.11 Å². The number of hydrogen-bond acceptors (Lipinski definition) is 9. The van der Waals surface area contributed by atoms with Gasteiger partial charge >= 0.3 is 12.0 Å². The van der Waals surface area contributed by atoms with E-state index in [4.69, 9.17) is 14.2 Å². The predicted octanol–water partition coefficient (Wildman–Crippen LogP) is 4.88. The zero-order chi connectivity index (χ0) is 28.5. The average molecular weight is 544 g/mol. The van der Waals surface area contributed by atoms with E-state index in [9.17, 15) is 14.9 Å². The fraction of sp³-hybridized carbons (Fsp3) is 0.233. The molecule has 1 heterocycles. The van der Waals surface area contributed by atoms with Crippen LogP contribution in [0.2, 0.25) is 0 Å². The Bertz CT molecular complexity index is 1370. The van der Waals surface area contributed by atoms with E-state index >= 15 is 0 Å². The van der Waals surface area contributed by atoms with Crippen molar-refractivity contribution in [3.05, 3.63) is 135 Å². The molecule has 0 bridgehead atoms. The number of esters is 1. The number of carbonyl (C=O) groups is 1. The maximum Gasteiger partial charge on any atom is 0.351 e. The van der Waals surface area contributed by atoms with Gasteiger partial charge in [0, 0.05) is 18.5 Å². The second kappa shape index (κ2) is 12.8. The standard InChI is InChI=1S/C30H29N3O7/c1-21-18-22(2)32-29(31-21)40-27(28(34)38-19-23-14-16-24(17-15-23)20-39-33(35)36)30(37-3,25-10-6-4-7-11-25)26-12-8-5-9-13-26/h4-18,27H,19-20H2,1-3H3/t27-/m1/s1. The number of hydrogen-bond donors (Lipinski definition) is 0. The zero-order valence-corrected chi connectivity index (χ0v) is 22.4. The summed E-state index contributed by atoms with van der Waals surface area (Å²) in [4.78, 5) is 37.5. The van der Waals surface area contributed by atoms with E-state index in [-0.39, 0.29) is 19.2 Å². The molecule has 4 rings (SSSR count). The molecule has 0 spiro atoms. The highest BCUT2D eigenvalue weighted by molar-refractivity contribution is 5.78. The van der Waals surface area contributed by atoms with Crippen LogP contribution in [0.3, 0.4) is 0 Å². The fourth-order valence-corrected chi connectivity index (χ4v) is 4.42. The molecule has 206 valence electrons. The van der Waals surface area contributed by atoms with Crippen LogP contribution in [0.5, 0.6) is 6.01 Å². The minimum absolute atomic E-state index is 0.0166. The van der Waals surface area contributed by atoms with E-state index in [0.29, 0.717) is 33.6 Å². The summed E-state index contributed by atoms with van der Waals surface area (Å²) in [5.41, 5.74) is 2.56. The Labute approximate surface area is 231 Å². The molecular formula is C30H29N3O7. The van der Waals surface area contributed by atoms with E-state index in [1.54, 1.807) is 30.3 Å². The van der Waals surface area contributed by atoms with Gasteiger partial charge in [0.25, 0.3) is 5.09 Å². The third-order valence-corrected chi connectivity index (χ3v) is 6.24. The van der Waals surface area contributed by atoms with Crippen LogP contribution in [0.15, 0.2) is 91.0 Å². The Morgan fingerprint density at radius 1 is 0.850 bits per heavy atom. The van der Waals surface area contributed by atoms with Gasteiger partial charge in [-0.2, -0.15) is 0 Å². The first-order valence-corrected chi connectivity index (χ1v) is 12.5. The van der Waals surface area contributed by atoms with Gasteiger partial charge in [-0.25, -0.2) is 14.8 Å². The highest BCUT2D eigenvalue weighted by Crippen LogP contribution is 2.39. The van der Waals surface area contributed by atoms with Crippen molar-refractivity contribution in [3.8, 4) is 6.01 Å². The summed E-state index contributed by atoms with van der Waals surface area (Å²) >= 11 is 0. The Kier molecular flexibility index (Phi) is 9.03. The molecule has 0 saturated heterocycles. The van der Waals surface area contributed by atoms with Gasteiger partial charge < -0.3 is 19.0 Å². The third kappa shape index (κ3) is 6.59. The lowest BCUT2D eigenvalue weighted by Gasteiger charge is -2.38. The van der Waals surface area contributed by atoms with Gasteiger partial charge in [0.1, 0.15) is 13.2 Å². The number of carbonyl (C=O) groups excluding carboxylic acids is 1. The van der Waals surface area contributed by atoms with Gasteiger partial charge in [0.05, 0.1) is 0 Å². The van der Waals surface area contributed by atoms with Crippen LogP contribution < -0.4 is 4.74 Å². The third-order valence-electron chi connectivity index (χ3n) is 6.24. The van der Waals surface area contributed by atoms with E-state index in [1.165, 1.54) is 7.11 Å². The van der Waals surface area contributed by atoms with Crippen LogP contribution in [0.1, 0.15) is 33.6 Å². The summed E-state index contributed by atoms with van der Waals surface area (Å²) in [6, 6.07) is 27.1. The molecule has 0 amide bonds. The number of nitrogens with zero attached hydrogens (tertiary/aromatic N) is 3. The van der Waals surface area contributed by atoms with Crippen molar-refractivity contribution in [3.63, 3.8) is 0 Å². The zero-order valence-electron chi connectivity index (χ0n) is 22.4. The minimum Gasteiger partial charge on any atom is -0.458 e. The van der Waals surface area contributed by atoms with Crippen LogP contribution in [-0.2, 0) is 37.9 Å². The normalized spacial score (nSPS) is 11.9. The number of aromatic nitrogens is 2. The SMILES string of the molecule is COC(c1ccccc1)(c1ccccc1)[C@H](Oc1nc(C)cc(C)n1)C(=O)OCc1ccc(CO[N+](=O)[O-])cc1. The maximum absolute atomic E-state index is 13.9. The molecule has 0 aliphatic rings. The number of rotatable bonds is 12. The van der Waals surface area contributed by atoms with Gasteiger partial charge in [-0.1, -0.05) is 84.9 Å². The topological polar surface area (TPSA) is 123 Å². The smallest absolute Gasteiger partial charge is 0.351 e. The van der Waals surface area contributed by atoms with E-state index < -0.39 is 22.8 Å². The summed E-state index contributed by atoms with van der Waals surface area (Å²) in [7, 11) is 1.51. The number of benzene rings is 3. The van der Waals surface area contributed by atoms with Crippen LogP contribution in [-0.4, -0.2) is 34.2 Å². The molecule has 40 heavy (non-hydrogen) atoms. The second-order valence-corrected chi connectivity index (χ2v) is 9.02. The summed E-state index contributed by atoms with van der Waals surface area (Å²) in [5.74, 6) is -0.696. The molecule has 0 radical (unpaired) electrons. The molecule has 0 fully saturated rings. The molecule has 10 heteroatoms. The van der Waals surface area contributed by atoms with Gasteiger partial charge in [-0.05, 0) is 42.2 Å². The number of aryl methyl sites for hydroxylation is 2. The van der Waals surface area contributed by atoms with Gasteiger partial charge in [-0.3, -0.25) is 0 Å². The molecule has 0 saturated carbocycles. The molecule has 3 aromatic carbocycles. The maximum atomic E-state index is 13.9. The van der Waals surface area contributed by atoms with Crippen molar-refractivity contribution in [2.45, 2.75) is 38.8 Å². The highest BCUT2D eigenvalue weighted by Gasteiger charge is 2.50. The lowest BCUT2D eigenvalue weighted by Crippen LogP contribution is -2.51. The van der Waals surface area contributed by atoms with Crippen molar-refractivity contribution >= 4 is 5.97 Å². The second-order valence-electron chi connectivity index (χ2n) is 9.02. The largest absolute Gasteiger partial charge is 0.458 e. The molecule has 10 nitrogen and oxygen atoms in total. The molecule has 0 N–H and O–H groups in total. The van der Waals surface area contributed by atoms with Crippen molar-refractivity contribution in [2.24, 2.45) is 0 Å².